The van der Waals surface area contributed by atoms with Crippen molar-refractivity contribution in [2.75, 3.05) is 11.9 Å². The fourth-order valence-corrected chi connectivity index (χ4v) is 0.878. The maximum absolute atomic E-state index is 10.8. The first-order valence-corrected chi connectivity index (χ1v) is 4.15. The molecule has 3 N–H and O–H groups in total. The molecule has 5 heteroatoms. The Kier molecular flexibility index (Phi) is 2.89. The minimum Gasteiger partial charge on any atom is -0.371 e. The van der Waals surface area contributed by atoms with Crippen molar-refractivity contribution in [3.63, 3.8) is 0 Å². The third-order valence-corrected chi connectivity index (χ3v) is 1.46. The molecule has 0 bridgehead atoms. The Bertz CT molecular complexity index is 349. The number of anilines is 1. The van der Waals surface area contributed by atoms with Crippen LogP contribution in [0.1, 0.15) is 13.8 Å². The summed E-state index contributed by atoms with van der Waals surface area (Å²) in [5.41, 5.74) is -0.881. The molecule has 5 nitrogen and oxygen atoms in total. The van der Waals surface area contributed by atoms with Gasteiger partial charge in [0.1, 0.15) is 5.82 Å². The van der Waals surface area contributed by atoms with Gasteiger partial charge in [-0.15, -0.1) is 0 Å². The molecule has 1 aromatic heterocycles. The highest BCUT2D eigenvalue weighted by Crippen LogP contribution is 1.96. The van der Waals surface area contributed by atoms with E-state index < -0.39 is 11.2 Å². The number of nitrogens with one attached hydrogen (secondary N) is 3. The third kappa shape index (κ3) is 3.14. The van der Waals surface area contributed by atoms with Crippen LogP contribution in [0.3, 0.4) is 0 Å². The molecule has 0 aromatic carbocycles. The van der Waals surface area contributed by atoms with Gasteiger partial charge in [0.2, 0.25) is 0 Å². The van der Waals surface area contributed by atoms with Crippen molar-refractivity contribution in [3.05, 3.63) is 26.9 Å². The van der Waals surface area contributed by atoms with E-state index in [0.717, 1.165) is 6.54 Å². The smallest absolute Gasteiger partial charge is 0.327 e. The zero-order valence-electron chi connectivity index (χ0n) is 7.68. The van der Waals surface area contributed by atoms with Crippen LogP contribution in [0.5, 0.6) is 0 Å². The Morgan fingerprint density at radius 1 is 1.38 bits per heavy atom. The molecule has 0 fully saturated rings. The third-order valence-electron chi connectivity index (χ3n) is 1.46. The number of rotatable bonds is 3. The van der Waals surface area contributed by atoms with Crippen LogP contribution >= 0.6 is 0 Å². The van der Waals surface area contributed by atoms with E-state index in [0.29, 0.717) is 11.7 Å². The summed E-state index contributed by atoms with van der Waals surface area (Å²) in [4.78, 5) is 26.2. The zero-order chi connectivity index (χ0) is 9.84. The molecular weight excluding hydrogens is 170 g/mol. The van der Waals surface area contributed by atoms with Gasteiger partial charge >= 0.3 is 5.69 Å². The maximum Gasteiger partial charge on any atom is 0.327 e. The number of hydrogen-bond acceptors (Lipinski definition) is 3. The predicted molar refractivity (Wildman–Crippen MR) is 51.0 cm³/mol. The summed E-state index contributed by atoms with van der Waals surface area (Å²) < 4.78 is 0. The fourth-order valence-electron chi connectivity index (χ4n) is 0.878. The number of aromatic amines is 2. The van der Waals surface area contributed by atoms with Crippen molar-refractivity contribution in [2.24, 2.45) is 5.92 Å². The Hall–Kier alpha value is -1.52. The van der Waals surface area contributed by atoms with E-state index in [1.165, 1.54) is 6.07 Å². The van der Waals surface area contributed by atoms with E-state index in [4.69, 9.17) is 0 Å². The first kappa shape index (κ1) is 9.57. The van der Waals surface area contributed by atoms with E-state index in [2.05, 4.69) is 15.3 Å². The van der Waals surface area contributed by atoms with E-state index in [1.807, 2.05) is 13.8 Å². The second-order valence-corrected chi connectivity index (χ2v) is 3.28. The largest absolute Gasteiger partial charge is 0.371 e. The van der Waals surface area contributed by atoms with Gasteiger partial charge in [-0.25, -0.2) is 4.79 Å². The molecule has 0 saturated heterocycles. The lowest BCUT2D eigenvalue weighted by Crippen LogP contribution is -2.23. The van der Waals surface area contributed by atoms with Gasteiger partial charge in [-0.1, -0.05) is 13.8 Å². The number of aromatic nitrogens is 2. The molecule has 0 amide bonds. The van der Waals surface area contributed by atoms with Crippen LogP contribution in [0, 0.1) is 5.92 Å². The van der Waals surface area contributed by atoms with Crippen LogP contribution in [0.4, 0.5) is 5.82 Å². The second kappa shape index (κ2) is 3.93. The van der Waals surface area contributed by atoms with Crippen LogP contribution in [0.15, 0.2) is 15.7 Å². The predicted octanol–water partition coefficient (Wildman–Crippen LogP) is 0.131. The summed E-state index contributed by atoms with van der Waals surface area (Å²) in [6, 6.07) is 1.32. The van der Waals surface area contributed by atoms with Crippen LogP contribution in [0.2, 0.25) is 0 Å². The average molecular weight is 183 g/mol. The lowest BCUT2D eigenvalue weighted by Gasteiger charge is -2.07. The van der Waals surface area contributed by atoms with Gasteiger partial charge in [0.15, 0.2) is 0 Å². The average Bonchev–Trinajstić information content (AvgIpc) is 1.99. The van der Waals surface area contributed by atoms with Crippen molar-refractivity contribution in [2.45, 2.75) is 13.8 Å². The monoisotopic (exact) mass is 183 g/mol. The summed E-state index contributed by atoms with van der Waals surface area (Å²) in [5.74, 6) is 0.922. The minimum atomic E-state index is -0.487. The first-order valence-electron chi connectivity index (χ1n) is 4.15. The minimum absolute atomic E-state index is 0.394. The van der Waals surface area contributed by atoms with Crippen molar-refractivity contribution in [3.8, 4) is 0 Å². The molecule has 0 aliphatic carbocycles. The summed E-state index contributed by atoms with van der Waals surface area (Å²) in [6.07, 6.45) is 0. The number of hydrogen-bond donors (Lipinski definition) is 3. The van der Waals surface area contributed by atoms with Crippen molar-refractivity contribution in [1.29, 1.82) is 0 Å². The second-order valence-electron chi connectivity index (χ2n) is 3.28. The molecule has 0 radical (unpaired) electrons. The standard InChI is InChI=1S/C8H13N3O2/c1-5(2)4-9-6-3-7(12)11-8(13)10-6/h3,5H,4H2,1-2H3,(H3,9,10,11,12,13). The van der Waals surface area contributed by atoms with E-state index in [-0.39, 0.29) is 0 Å². The Morgan fingerprint density at radius 3 is 2.62 bits per heavy atom. The Labute approximate surface area is 75.2 Å². The van der Waals surface area contributed by atoms with Crippen molar-refractivity contribution < 1.29 is 0 Å². The van der Waals surface area contributed by atoms with Gasteiger partial charge in [-0.2, -0.15) is 0 Å². The molecule has 1 heterocycles. The van der Waals surface area contributed by atoms with Crippen LogP contribution in [-0.4, -0.2) is 16.5 Å². The molecule has 1 rings (SSSR count). The SMILES string of the molecule is CC(C)CNc1cc(=O)[nH]c(=O)[nH]1. The van der Waals surface area contributed by atoms with Crippen LogP contribution < -0.4 is 16.6 Å². The van der Waals surface area contributed by atoms with Gasteiger partial charge in [-0.05, 0) is 5.92 Å². The van der Waals surface area contributed by atoms with E-state index in [9.17, 15) is 9.59 Å². The topological polar surface area (TPSA) is 77.8 Å². The lowest BCUT2D eigenvalue weighted by molar-refractivity contribution is 0.686. The van der Waals surface area contributed by atoms with Crippen LogP contribution in [-0.2, 0) is 0 Å². The summed E-state index contributed by atoms with van der Waals surface area (Å²) in [7, 11) is 0. The molecule has 0 spiro atoms. The molecule has 72 valence electrons. The molecule has 0 unspecified atom stereocenters. The molecule has 1 aromatic rings. The quantitative estimate of drug-likeness (QED) is 0.623. The normalized spacial score (nSPS) is 10.4. The van der Waals surface area contributed by atoms with Crippen molar-refractivity contribution >= 4 is 5.82 Å². The van der Waals surface area contributed by atoms with Gasteiger partial charge in [-0.3, -0.25) is 14.8 Å². The molecule has 0 atom stereocenters. The Morgan fingerprint density at radius 2 is 2.08 bits per heavy atom. The maximum atomic E-state index is 10.8. The highest BCUT2D eigenvalue weighted by Gasteiger charge is 1.96. The lowest BCUT2D eigenvalue weighted by atomic mass is 10.2. The molecule has 0 saturated carbocycles. The van der Waals surface area contributed by atoms with Gasteiger partial charge in [0, 0.05) is 12.6 Å². The van der Waals surface area contributed by atoms with Gasteiger partial charge in [0.25, 0.3) is 5.56 Å². The number of H-pyrrole nitrogens is 2. The highest BCUT2D eigenvalue weighted by atomic mass is 16.2. The summed E-state index contributed by atoms with van der Waals surface area (Å²) in [5, 5.41) is 2.95. The highest BCUT2D eigenvalue weighted by molar-refractivity contribution is 5.31. The van der Waals surface area contributed by atoms with Gasteiger partial charge in [0.05, 0.1) is 0 Å². The van der Waals surface area contributed by atoms with Gasteiger partial charge < -0.3 is 5.32 Å². The van der Waals surface area contributed by atoms with E-state index in [1.54, 1.807) is 0 Å². The summed E-state index contributed by atoms with van der Waals surface area (Å²) in [6.45, 7) is 4.80. The Balaban J connectivity index is 2.78. The first-order chi connectivity index (χ1) is 6.08. The summed E-state index contributed by atoms with van der Waals surface area (Å²) >= 11 is 0. The zero-order valence-corrected chi connectivity index (χ0v) is 7.68. The van der Waals surface area contributed by atoms with Crippen molar-refractivity contribution in [1.82, 2.24) is 9.97 Å². The molecule has 0 aliphatic rings. The van der Waals surface area contributed by atoms with Crippen LogP contribution in [0.25, 0.3) is 0 Å². The molecule has 13 heavy (non-hydrogen) atoms. The van der Waals surface area contributed by atoms with E-state index >= 15 is 0 Å². The molecule has 0 aliphatic heterocycles. The molecular formula is C8H13N3O2. The fraction of sp³-hybridized carbons (Fsp3) is 0.500.